The van der Waals surface area contributed by atoms with Crippen LogP contribution in [0.15, 0.2) is 156 Å². The number of hydrogen-bond acceptors (Lipinski definition) is 2. The number of hydrogen-bond donors (Lipinski definition) is 0. The summed E-state index contributed by atoms with van der Waals surface area (Å²) in [5, 5.41) is 2.31. The maximum atomic E-state index is 6.62. The molecule has 5 aliphatic rings. The third kappa shape index (κ3) is 4.69. The van der Waals surface area contributed by atoms with Gasteiger partial charge in [-0.25, -0.2) is 0 Å². The normalized spacial score (nSPS) is 25.7. The Bertz CT molecular complexity index is 3110. The molecular weight excluding hydrogens is 739 g/mol. The molecule has 300 valence electrons. The maximum absolute atomic E-state index is 6.62. The first-order valence-corrected chi connectivity index (χ1v) is 22.9. The van der Waals surface area contributed by atoms with Gasteiger partial charge in [0.1, 0.15) is 11.2 Å². The van der Waals surface area contributed by atoms with Crippen LogP contribution in [0.25, 0.3) is 44.2 Å². The van der Waals surface area contributed by atoms with Gasteiger partial charge in [-0.05, 0) is 148 Å². The largest absolute Gasteiger partial charge is 0.455 e. The van der Waals surface area contributed by atoms with Crippen LogP contribution in [0.5, 0.6) is 0 Å². The number of anilines is 3. The first-order valence-electron chi connectivity index (χ1n) is 22.9. The Balaban J connectivity index is 1.04. The van der Waals surface area contributed by atoms with Gasteiger partial charge in [0.15, 0.2) is 0 Å². The van der Waals surface area contributed by atoms with Crippen LogP contribution in [0.1, 0.15) is 99.6 Å². The Morgan fingerprint density at radius 3 is 1.95 bits per heavy atom. The maximum Gasteiger partial charge on any atom is 0.143 e. The Kier molecular flexibility index (Phi) is 7.27. The van der Waals surface area contributed by atoms with Crippen molar-refractivity contribution in [3.8, 4) is 22.3 Å². The highest BCUT2D eigenvalue weighted by Crippen LogP contribution is 2.75. The van der Waals surface area contributed by atoms with Gasteiger partial charge in [-0.2, -0.15) is 0 Å². The van der Waals surface area contributed by atoms with E-state index in [-0.39, 0.29) is 16.2 Å². The minimum Gasteiger partial charge on any atom is -0.455 e. The fraction of sp³-hybridized carbons (Fsp3) is 0.288. The van der Waals surface area contributed by atoms with Crippen LogP contribution >= 0.6 is 0 Å². The van der Waals surface area contributed by atoms with Crippen molar-refractivity contribution in [2.45, 2.75) is 82.5 Å². The average molecular weight is 792 g/mol. The first-order chi connectivity index (χ1) is 29.6. The van der Waals surface area contributed by atoms with Crippen LogP contribution in [0, 0.1) is 23.7 Å². The van der Waals surface area contributed by atoms with Crippen LogP contribution < -0.4 is 4.90 Å². The summed E-state index contributed by atoms with van der Waals surface area (Å²) in [5.74, 6) is 3.67. The molecule has 1 spiro atoms. The molecule has 13 rings (SSSR count). The summed E-state index contributed by atoms with van der Waals surface area (Å²) in [6.07, 6.45) is 5.48. The molecule has 1 aromatic heterocycles. The Labute approximate surface area is 360 Å². The lowest BCUT2D eigenvalue weighted by Crippen LogP contribution is -2.46. The van der Waals surface area contributed by atoms with Gasteiger partial charge < -0.3 is 9.32 Å². The second kappa shape index (κ2) is 12.4. The molecule has 2 bridgehead atoms. The van der Waals surface area contributed by atoms with E-state index in [0.29, 0.717) is 5.92 Å². The van der Waals surface area contributed by atoms with Crippen molar-refractivity contribution < 1.29 is 4.42 Å². The molecule has 7 aromatic carbocycles. The highest BCUT2D eigenvalue weighted by atomic mass is 16.3. The molecule has 0 radical (unpaired) electrons. The molecule has 0 N–H and O–H groups in total. The Morgan fingerprint density at radius 2 is 1.11 bits per heavy atom. The zero-order chi connectivity index (χ0) is 41.0. The monoisotopic (exact) mass is 791 g/mol. The van der Waals surface area contributed by atoms with E-state index in [2.05, 4.69) is 191 Å². The summed E-state index contributed by atoms with van der Waals surface area (Å²) in [4.78, 5) is 2.55. The van der Waals surface area contributed by atoms with E-state index in [4.69, 9.17) is 4.42 Å². The van der Waals surface area contributed by atoms with E-state index in [1.807, 2.05) is 0 Å². The van der Waals surface area contributed by atoms with E-state index in [1.54, 1.807) is 11.1 Å². The predicted octanol–water partition coefficient (Wildman–Crippen LogP) is 15.8. The number of benzene rings is 7. The van der Waals surface area contributed by atoms with Gasteiger partial charge >= 0.3 is 0 Å². The molecule has 3 fully saturated rings. The van der Waals surface area contributed by atoms with Crippen molar-refractivity contribution in [1.82, 2.24) is 0 Å². The van der Waals surface area contributed by atoms with Crippen LogP contribution in [0.2, 0.25) is 0 Å². The minimum absolute atomic E-state index is 0.115. The topological polar surface area (TPSA) is 16.4 Å². The highest BCUT2D eigenvalue weighted by Gasteiger charge is 2.68. The second-order valence-corrected chi connectivity index (χ2v) is 20.6. The van der Waals surface area contributed by atoms with Crippen molar-refractivity contribution in [3.05, 3.63) is 185 Å². The molecule has 0 saturated heterocycles. The molecule has 3 atom stereocenters. The third-order valence-corrected chi connectivity index (χ3v) is 16.9. The second-order valence-electron chi connectivity index (χ2n) is 20.6. The molecule has 1 unspecified atom stereocenters. The summed E-state index contributed by atoms with van der Waals surface area (Å²) >= 11 is 0. The quantitative estimate of drug-likeness (QED) is 0.177. The third-order valence-electron chi connectivity index (χ3n) is 16.9. The molecule has 1 heterocycles. The molecule has 2 nitrogen and oxygen atoms in total. The Hall–Kier alpha value is -5.86. The Morgan fingerprint density at radius 1 is 0.492 bits per heavy atom. The predicted molar refractivity (Wildman–Crippen MR) is 252 cm³/mol. The number of nitrogens with zero attached hydrogens (tertiary/aromatic N) is 1. The first kappa shape index (κ1) is 35.9. The summed E-state index contributed by atoms with van der Waals surface area (Å²) < 4.78 is 6.62. The van der Waals surface area contributed by atoms with E-state index < -0.39 is 0 Å². The summed E-state index contributed by atoms with van der Waals surface area (Å²) in [5.41, 5.74) is 19.4. The van der Waals surface area contributed by atoms with Gasteiger partial charge in [-0.15, -0.1) is 0 Å². The fourth-order valence-corrected chi connectivity index (χ4v) is 14.6. The van der Waals surface area contributed by atoms with Gasteiger partial charge in [0.25, 0.3) is 0 Å². The van der Waals surface area contributed by atoms with Crippen LogP contribution in [0.4, 0.5) is 17.1 Å². The van der Waals surface area contributed by atoms with E-state index >= 15 is 0 Å². The van der Waals surface area contributed by atoms with Crippen LogP contribution in [0.3, 0.4) is 0 Å². The zero-order valence-electron chi connectivity index (χ0n) is 36.0. The molecular formula is C59H53NO. The summed E-state index contributed by atoms with van der Waals surface area (Å²) in [6.45, 7) is 12.4. The molecule has 5 aliphatic carbocycles. The van der Waals surface area contributed by atoms with Gasteiger partial charge in [0.2, 0.25) is 0 Å². The van der Waals surface area contributed by atoms with Gasteiger partial charge in [0.05, 0.1) is 0 Å². The zero-order valence-corrected chi connectivity index (χ0v) is 36.0. The van der Waals surface area contributed by atoms with Crippen molar-refractivity contribution in [2.24, 2.45) is 23.7 Å². The number of fused-ring (bicyclic) bond motifs is 8. The van der Waals surface area contributed by atoms with Crippen LogP contribution in [-0.4, -0.2) is 0 Å². The van der Waals surface area contributed by atoms with Crippen molar-refractivity contribution in [3.63, 3.8) is 0 Å². The van der Waals surface area contributed by atoms with Gasteiger partial charge in [-0.1, -0.05) is 144 Å². The molecule has 0 aliphatic heterocycles. The summed E-state index contributed by atoms with van der Waals surface area (Å²) in [6, 6.07) is 57.8. The van der Waals surface area contributed by atoms with E-state index in [9.17, 15) is 0 Å². The fourth-order valence-electron chi connectivity index (χ4n) is 14.6. The lowest BCUT2D eigenvalue weighted by Gasteiger charge is -2.51. The van der Waals surface area contributed by atoms with Gasteiger partial charge in [0, 0.05) is 49.6 Å². The number of furan rings is 1. The standard InChI is InChI=1S/C59H53NO/c1-35-28-38-30-37-31-39(29-35)59(38)51-27-25-42(34-53(51)58(4,5)50-22-10-7-18-48(50)55(37)59)60(41-24-26-45-44-16-6-9-21-49(44)57(2,3)52(45)33-41)40-15-12-14-36(32-40)43-19-13-20-47-46-17-8-11-23-54(46)61-56(43)47/h6-27,32-35,37-39,55H,28-31H2,1-5H3/t35?,37?,38-,39-,55?,59?/m0/s1. The summed E-state index contributed by atoms with van der Waals surface area (Å²) in [7, 11) is 0. The number of rotatable bonds is 4. The lowest BCUT2D eigenvalue weighted by atomic mass is 9.53. The van der Waals surface area contributed by atoms with E-state index in [1.165, 1.54) is 70.4 Å². The molecule has 2 heteroatoms. The van der Waals surface area contributed by atoms with Crippen molar-refractivity contribution in [2.75, 3.05) is 4.90 Å². The molecule has 61 heavy (non-hydrogen) atoms. The number of para-hydroxylation sites is 2. The lowest BCUT2D eigenvalue weighted by molar-refractivity contribution is 0.0822. The molecule has 3 saturated carbocycles. The van der Waals surface area contributed by atoms with E-state index in [0.717, 1.165) is 62.4 Å². The SMILES string of the molecule is CC1C[C@H]2CC3C[C@H](C1)C21c2ccc(N(c4cccc(-c5cccc6c5oc5ccccc56)c4)c4ccc5c(c4)C(C)(C)c4ccccc4-5)cc2C(C)(C)c2ccccc2C31. The van der Waals surface area contributed by atoms with Crippen LogP contribution in [-0.2, 0) is 16.2 Å². The van der Waals surface area contributed by atoms with Crippen molar-refractivity contribution in [1.29, 1.82) is 0 Å². The smallest absolute Gasteiger partial charge is 0.143 e. The van der Waals surface area contributed by atoms with Gasteiger partial charge in [-0.3, -0.25) is 0 Å². The molecule has 0 amide bonds. The molecule has 8 aromatic rings. The minimum atomic E-state index is -0.160. The average Bonchev–Trinajstić information content (AvgIpc) is 3.97. The highest BCUT2D eigenvalue weighted by molar-refractivity contribution is 6.09. The van der Waals surface area contributed by atoms with Crippen molar-refractivity contribution >= 4 is 39.0 Å².